The number of nitriles is 1. The highest BCUT2D eigenvalue weighted by Crippen LogP contribution is 2.13. The summed E-state index contributed by atoms with van der Waals surface area (Å²) in [5.41, 5.74) is 1.57. The maximum atomic E-state index is 12.0. The zero-order valence-electron chi connectivity index (χ0n) is 10.5. The summed E-state index contributed by atoms with van der Waals surface area (Å²) in [5, 5.41) is 11.8. The predicted octanol–water partition coefficient (Wildman–Crippen LogP) is 3.84. The van der Waals surface area contributed by atoms with Crippen molar-refractivity contribution >= 4 is 40.3 Å². The van der Waals surface area contributed by atoms with Crippen molar-refractivity contribution in [3.63, 3.8) is 0 Å². The molecule has 0 aromatic heterocycles. The molecule has 0 radical (unpaired) electrons. The summed E-state index contributed by atoms with van der Waals surface area (Å²) in [6.07, 6.45) is 1.57. The Labute approximate surface area is 131 Å². The van der Waals surface area contributed by atoms with Crippen LogP contribution in [0.15, 0.2) is 60.2 Å². The van der Waals surface area contributed by atoms with Crippen molar-refractivity contribution in [1.29, 1.82) is 5.26 Å². The highest BCUT2D eigenvalue weighted by Gasteiger charge is 2.09. The van der Waals surface area contributed by atoms with Crippen LogP contribution in [0.2, 0.25) is 0 Å². The molecule has 1 amide bonds. The van der Waals surface area contributed by atoms with Gasteiger partial charge < -0.3 is 5.32 Å². The van der Waals surface area contributed by atoms with Gasteiger partial charge in [0.2, 0.25) is 0 Å². The van der Waals surface area contributed by atoms with Crippen molar-refractivity contribution in [2.24, 2.45) is 0 Å². The van der Waals surface area contributed by atoms with Crippen LogP contribution in [0.3, 0.4) is 0 Å². The van der Waals surface area contributed by atoms with Crippen molar-refractivity contribution < 1.29 is 4.79 Å². The zero-order chi connectivity index (χ0) is 14.4. The van der Waals surface area contributed by atoms with Gasteiger partial charge >= 0.3 is 0 Å². The quantitative estimate of drug-likeness (QED) is 0.504. The molecule has 0 saturated heterocycles. The van der Waals surface area contributed by atoms with Gasteiger partial charge in [0.25, 0.3) is 5.91 Å². The van der Waals surface area contributed by atoms with Crippen molar-refractivity contribution in [3.05, 3.63) is 69.3 Å². The number of hydrogen-bond donors (Lipinski definition) is 1. The molecule has 2 aromatic rings. The lowest BCUT2D eigenvalue weighted by molar-refractivity contribution is -0.112. The van der Waals surface area contributed by atoms with E-state index in [0.717, 1.165) is 9.13 Å². The van der Waals surface area contributed by atoms with E-state index in [1.165, 1.54) is 0 Å². The molecule has 4 heteroatoms. The van der Waals surface area contributed by atoms with Crippen molar-refractivity contribution in [2.45, 2.75) is 0 Å². The minimum atomic E-state index is -0.405. The fourth-order valence-electron chi connectivity index (χ4n) is 1.60. The van der Waals surface area contributed by atoms with Gasteiger partial charge in [0.15, 0.2) is 0 Å². The van der Waals surface area contributed by atoms with E-state index in [4.69, 9.17) is 5.26 Å². The summed E-state index contributed by atoms with van der Waals surface area (Å²) in [4.78, 5) is 12.0. The molecule has 2 aromatic carbocycles. The van der Waals surface area contributed by atoms with Crippen LogP contribution in [0.5, 0.6) is 0 Å². The van der Waals surface area contributed by atoms with Gasteiger partial charge in [-0.15, -0.1) is 0 Å². The van der Waals surface area contributed by atoms with E-state index in [-0.39, 0.29) is 5.57 Å². The minimum Gasteiger partial charge on any atom is -0.321 e. The number of anilines is 1. The number of nitrogens with one attached hydrogen (secondary N) is 1. The Morgan fingerprint density at radius 1 is 1.10 bits per heavy atom. The summed E-state index contributed by atoms with van der Waals surface area (Å²) in [5.74, 6) is -0.405. The van der Waals surface area contributed by atoms with Crippen LogP contribution < -0.4 is 5.32 Å². The van der Waals surface area contributed by atoms with Crippen LogP contribution in [-0.2, 0) is 4.79 Å². The van der Waals surface area contributed by atoms with Crippen LogP contribution in [0.4, 0.5) is 5.69 Å². The van der Waals surface area contributed by atoms with Gasteiger partial charge in [-0.1, -0.05) is 30.3 Å². The average molecular weight is 374 g/mol. The zero-order valence-corrected chi connectivity index (χ0v) is 12.7. The van der Waals surface area contributed by atoms with Crippen molar-refractivity contribution in [3.8, 4) is 6.07 Å². The predicted molar refractivity (Wildman–Crippen MR) is 87.8 cm³/mol. The second-order valence-electron chi connectivity index (χ2n) is 4.04. The number of carbonyl (C=O) groups is 1. The van der Waals surface area contributed by atoms with E-state index >= 15 is 0 Å². The lowest BCUT2D eigenvalue weighted by Gasteiger charge is -2.04. The third-order valence-electron chi connectivity index (χ3n) is 2.58. The van der Waals surface area contributed by atoms with E-state index in [1.54, 1.807) is 18.2 Å². The Kier molecular flexibility index (Phi) is 4.91. The number of rotatable bonds is 3. The number of amides is 1. The smallest absolute Gasteiger partial charge is 0.266 e. The Morgan fingerprint density at radius 3 is 2.35 bits per heavy atom. The summed E-state index contributed by atoms with van der Waals surface area (Å²) in [6, 6.07) is 18.6. The van der Waals surface area contributed by atoms with Gasteiger partial charge in [0.05, 0.1) is 0 Å². The Morgan fingerprint density at radius 2 is 1.75 bits per heavy atom. The molecular weight excluding hydrogens is 363 g/mol. The van der Waals surface area contributed by atoms with Gasteiger partial charge in [-0.25, -0.2) is 0 Å². The third kappa shape index (κ3) is 3.93. The Balaban J connectivity index is 2.16. The van der Waals surface area contributed by atoms with Gasteiger partial charge in [-0.3, -0.25) is 4.79 Å². The van der Waals surface area contributed by atoms with Gasteiger partial charge in [-0.05, 0) is 58.5 Å². The maximum absolute atomic E-state index is 12.0. The topological polar surface area (TPSA) is 52.9 Å². The Hall–Kier alpha value is -2.13. The van der Waals surface area contributed by atoms with Crippen LogP contribution in [0, 0.1) is 14.9 Å². The fourth-order valence-corrected chi connectivity index (χ4v) is 1.96. The highest BCUT2D eigenvalue weighted by molar-refractivity contribution is 14.1. The van der Waals surface area contributed by atoms with E-state index in [1.807, 2.05) is 48.5 Å². The molecule has 0 spiro atoms. The molecule has 0 fully saturated rings. The molecule has 20 heavy (non-hydrogen) atoms. The maximum Gasteiger partial charge on any atom is 0.266 e. The number of benzene rings is 2. The van der Waals surface area contributed by atoms with Crippen LogP contribution in [-0.4, -0.2) is 5.91 Å². The third-order valence-corrected chi connectivity index (χ3v) is 3.30. The van der Waals surface area contributed by atoms with Crippen molar-refractivity contribution in [2.75, 3.05) is 5.32 Å². The molecule has 0 aliphatic heterocycles. The van der Waals surface area contributed by atoms with Gasteiger partial charge in [0.1, 0.15) is 11.6 Å². The molecular formula is C16H11IN2O. The van der Waals surface area contributed by atoms with Crippen molar-refractivity contribution in [1.82, 2.24) is 0 Å². The molecule has 0 saturated carbocycles. The average Bonchev–Trinajstić information content (AvgIpc) is 2.48. The van der Waals surface area contributed by atoms with Crippen LogP contribution >= 0.6 is 22.6 Å². The summed E-state index contributed by atoms with van der Waals surface area (Å²) in [7, 11) is 0. The van der Waals surface area contributed by atoms with Crippen LogP contribution in [0.1, 0.15) is 5.56 Å². The first kappa shape index (κ1) is 14.3. The molecule has 0 aliphatic carbocycles. The van der Waals surface area contributed by atoms with E-state index < -0.39 is 5.91 Å². The summed E-state index contributed by atoms with van der Waals surface area (Å²) < 4.78 is 1.08. The van der Waals surface area contributed by atoms with E-state index in [2.05, 4.69) is 27.9 Å². The van der Waals surface area contributed by atoms with E-state index in [9.17, 15) is 4.79 Å². The number of carbonyl (C=O) groups excluding carboxylic acids is 1. The number of hydrogen-bond acceptors (Lipinski definition) is 2. The molecule has 0 bridgehead atoms. The highest BCUT2D eigenvalue weighted by atomic mass is 127. The first-order valence-electron chi connectivity index (χ1n) is 5.93. The van der Waals surface area contributed by atoms with Gasteiger partial charge in [0, 0.05) is 9.26 Å². The first-order chi connectivity index (χ1) is 9.69. The van der Waals surface area contributed by atoms with Crippen LogP contribution in [0.25, 0.3) is 6.08 Å². The summed E-state index contributed by atoms with van der Waals surface area (Å²) >= 11 is 2.19. The monoisotopic (exact) mass is 374 g/mol. The second-order valence-corrected chi connectivity index (χ2v) is 5.29. The fraction of sp³-hybridized carbons (Fsp3) is 0. The molecule has 98 valence electrons. The SMILES string of the molecule is N#C/C(=C\c1ccccc1)C(=O)Nc1ccc(I)cc1. The Bertz CT molecular complexity index is 670. The number of nitrogens with zero attached hydrogens (tertiary/aromatic N) is 1. The minimum absolute atomic E-state index is 0.0785. The van der Waals surface area contributed by atoms with Gasteiger partial charge in [-0.2, -0.15) is 5.26 Å². The molecule has 0 aliphatic rings. The molecule has 0 heterocycles. The largest absolute Gasteiger partial charge is 0.321 e. The molecule has 1 N–H and O–H groups in total. The standard InChI is InChI=1S/C16H11IN2O/c17-14-6-8-15(9-7-14)19-16(20)13(11-18)10-12-4-2-1-3-5-12/h1-10H,(H,19,20)/b13-10+. The lowest BCUT2D eigenvalue weighted by Crippen LogP contribution is -2.13. The van der Waals surface area contributed by atoms with E-state index in [0.29, 0.717) is 5.69 Å². The number of halogens is 1. The molecule has 0 unspecified atom stereocenters. The lowest BCUT2D eigenvalue weighted by atomic mass is 10.1. The summed E-state index contributed by atoms with van der Waals surface area (Å²) in [6.45, 7) is 0. The molecule has 2 rings (SSSR count). The molecule has 3 nitrogen and oxygen atoms in total. The second kappa shape index (κ2) is 6.87. The molecule has 0 atom stereocenters. The first-order valence-corrected chi connectivity index (χ1v) is 7.00. The normalized spacial score (nSPS) is 10.7.